The zero-order valence-corrected chi connectivity index (χ0v) is 35.9. The summed E-state index contributed by atoms with van der Waals surface area (Å²) in [7, 11) is -4.82. The maximum Gasteiger partial charge on any atom is 1.00 e. The Morgan fingerprint density at radius 1 is 1.00 bits per heavy atom. The van der Waals surface area contributed by atoms with Gasteiger partial charge in [-0.2, -0.15) is 0 Å². The van der Waals surface area contributed by atoms with Gasteiger partial charge in [-0.15, -0.1) is 0 Å². The van der Waals surface area contributed by atoms with Gasteiger partial charge in [0.2, 0.25) is 5.72 Å². The summed E-state index contributed by atoms with van der Waals surface area (Å²) in [5, 5.41) is 31.1. The number of nitrogens with two attached hydrogens (primary N) is 2. The van der Waals surface area contributed by atoms with Crippen molar-refractivity contribution in [2.24, 2.45) is 34.2 Å². The summed E-state index contributed by atoms with van der Waals surface area (Å²) in [6.07, 6.45) is 7.69. The largest absolute Gasteiger partial charge is 1.00 e. The Balaban J connectivity index is 0.00000512. The predicted molar refractivity (Wildman–Crippen MR) is 215 cm³/mol. The van der Waals surface area contributed by atoms with Crippen LogP contribution in [0, 0.1) is 29.6 Å². The molecule has 1 saturated heterocycles. The second-order valence-electron chi connectivity index (χ2n) is 16.9. The number of aliphatic hydroxyl groups is 2. The Morgan fingerprint density at radius 2 is 1.74 bits per heavy atom. The van der Waals surface area contributed by atoms with Crippen LogP contribution in [-0.2, 0) is 27.0 Å². The molecule has 2 aliphatic carbocycles. The summed E-state index contributed by atoms with van der Waals surface area (Å²) < 4.78 is 54.3. The number of phenols is 1. The number of hydrogen-bond donors (Lipinski definition) is 5. The molecule has 1 saturated carbocycles. The summed E-state index contributed by atoms with van der Waals surface area (Å²) >= 11 is 0. The van der Waals surface area contributed by atoms with E-state index < -0.39 is 38.7 Å². The molecule has 0 aromatic heterocycles. The molecule has 8 aliphatic rings. The van der Waals surface area contributed by atoms with Crippen molar-refractivity contribution >= 4 is 16.1 Å². The van der Waals surface area contributed by atoms with Crippen LogP contribution in [0.4, 0.5) is 0 Å². The first kappa shape index (κ1) is 42.7. The molecule has 8 atom stereocenters. The average molecular weight is 818 g/mol. The summed E-state index contributed by atoms with van der Waals surface area (Å²) in [4.78, 5) is 4.74. The van der Waals surface area contributed by atoms with E-state index in [1.807, 2.05) is 48.5 Å². The number of guanidine groups is 1. The van der Waals surface area contributed by atoms with Crippen LogP contribution < -0.4 is 45.8 Å². The van der Waals surface area contributed by atoms with E-state index in [2.05, 4.69) is 11.8 Å². The van der Waals surface area contributed by atoms with Crippen LogP contribution in [0.25, 0.3) is 0 Å². The minimum Gasteiger partial charge on any atom is -0.748 e. The molecule has 6 aliphatic heterocycles. The second kappa shape index (κ2) is 17.3. The van der Waals surface area contributed by atoms with Crippen molar-refractivity contribution in [3.05, 3.63) is 106 Å². The van der Waals surface area contributed by atoms with Crippen LogP contribution >= 0.6 is 0 Å². The number of aliphatic imine (C=N–C) groups is 1. The number of rotatable bonds is 6. The van der Waals surface area contributed by atoms with Gasteiger partial charge in [-0.3, -0.25) is 0 Å². The number of phenolic OH excluding ortho intramolecular Hbond substituents is 1. The Labute approximate surface area is 363 Å². The number of hydrogen-bond acceptors (Lipinski definition) is 9. The first-order valence-electron chi connectivity index (χ1n) is 20.3. The Kier molecular flexibility index (Phi) is 12.8. The number of ether oxygens (including phenoxy) is 2. The summed E-state index contributed by atoms with van der Waals surface area (Å²) in [5.41, 5.74) is 14.7. The molecule has 13 heteroatoms. The van der Waals surface area contributed by atoms with E-state index in [-0.39, 0.29) is 78.2 Å². The number of nitrogens with zero attached hydrogens (tertiary/aromatic N) is 1. The van der Waals surface area contributed by atoms with Crippen molar-refractivity contribution in [3.8, 4) is 23.3 Å². The third-order valence-electron chi connectivity index (χ3n) is 13.1. The van der Waals surface area contributed by atoms with E-state index in [1.54, 1.807) is 24.3 Å². The van der Waals surface area contributed by atoms with Crippen molar-refractivity contribution in [1.29, 1.82) is 0 Å². The van der Waals surface area contributed by atoms with Crippen molar-refractivity contribution < 1.29 is 67.3 Å². The smallest absolute Gasteiger partial charge is 0.748 e. The van der Waals surface area contributed by atoms with Crippen LogP contribution in [-0.4, -0.2) is 57.8 Å². The summed E-state index contributed by atoms with van der Waals surface area (Å²) in [6.45, 7) is -0.0681. The van der Waals surface area contributed by atoms with E-state index >= 15 is 0 Å². The summed E-state index contributed by atoms with van der Waals surface area (Å²) in [6, 6.07) is 20.2. The normalized spacial score (nSPS) is 29.9. The van der Waals surface area contributed by atoms with E-state index in [4.69, 9.17) is 25.9 Å². The number of aliphatic hydroxyl groups excluding tert-OH is 1. The zero-order valence-electron chi connectivity index (χ0n) is 33.1. The van der Waals surface area contributed by atoms with E-state index in [1.165, 1.54) is 0 Å². The molecule has 2 fully saturated rings. The van der Waals surface area contributed by atoms with Crippen LogP contribution in [0.15, 0.2) is 83.4 Å². The third-order valence-corrected chi connectivity index (χ3v) is 14.4. The number of benzene rings is 3. The predicted octanol–water partition coefficient (Wildman–Crippen LogP) is 2.78. The molecule has 11 rings (SSSR count). The molecule has 0 radical (unpaired) electrons. The topological polar surface area (TPSA) is 201 Å². The number of allylic oxidation sites excluding steroid dienone is 1. The quantitative estimate of drug-likeness (QED) is 0.0616. The van der Waals surface area contributed by atoms with Gasteiger partial charge in [0.1, 0.15) is 17.6 Å². The molecular formula is C45H52N3NaO8S. The molecule has 3 aromatic carbocycles. The molecule has 11 nitrogen and oxygen atoms in total. The molecule has 7 N–H and O–H groups in total. The van der Waals surface area contributed by atoms with Gasteiger partial charge in [-0.05, 0) is 116 Å². The molecule has 3 aromatic rings. The average Bonchev–Trinajstić information content (AvgIpc) is 3.56. The number of aromatic hydroxyl groups is 1. The minimum absolute atomic E-state index is 0. The molecule has 8 bridgehead atoms. The van der Waals surface area contributed by atoms with Crippen molar-refractivity contribution in [2.75, 3.05) is 6.61 Å². The maximum absolute atomic E-state index is 13.5. The molecule has 58 heavy (non-hydrogen) atoms. The first-order chi connectivity index (χ1) is 27.3. The second-order valence-corrected chi connectivity index (χ2v) is 18.5. The van der Waals surface area contributed by atoms with Gasteiger partial charge in [0, 0.05) is 36.1 Å². The van der Waals surface area contributed by atoms with E-state index in [0.29, 0.717) is 74.7 Å². The fourth-order valence-electron chi connectivity index (χ4n) is 10.3. The first-order valence-corrected chi connectivity index (χ1v) is 21.7. The monoisotopic (exact) mass is 817 g/mol. The fourth-order valence-corrected chi connectivity index (χ4v) is 11.3. The fraction of sp³-hybridized carbons (Fsp3) is 0.489. The SMILES string of the molecule is NC(N)=N[C@@]1(CCC2(O)CCCC2)Oc2ccc(cc2)CC[C@@H](S(=O)(=O)[O-])[C@H]2C=C3C[C@H](C[C@@H]4C[C@@H](CO)CC#Cc5cc(O)ccc5[C@@H]3O4)[C@H]2c2ccc1cc2.[Na+]. The molecule has 0 unspecified atom stereocenters. The van der Waals surface area contributed by atoms with Gasteiger partial charge < -0.3 is 40.8 Å². The Morgan fingerprint density at radius 3 is 2.43 bits per heavy atom. The number of aryl methyl sites for hydroxylation is 1. The van der Waals surface area contributed by atoms with E-state index in [0.717, 1.165) is 35.1 Å². The number of fused-ring (bicyclic) bond motifs is 7. The molecule has 0 amide bonds. The van der Waals surface area contributed by atoms with Crippen LogP contribution in [0.2, 0.25) is 0 Å². The van der Waals surface area contributed by atoms with Gasteiger partial charge in [0.25, 0.3) is 0 Å². The molecule has 6 heterocycles. The standard InChI is InChI=1S/C45H53N3O8S.Na/c46-43(47)48-45(21-20-44(51)18-1-2-19-44)34-11-9-30(10-12-34)41-32-23-33(26-39(41)40(57(52,53)54)17-8-28-6-14-36(56-45)15-7-28)42-38-16-13-35(50)24-31(38)5-3-4-29(27-49)22-37(25-32)55-42;/h6-7,9-16,24,26,29,32,37,39-42,49-51H,1-2,4,8,17-23,25,27H2,(H4,46,47,48)(H,52,53,54);/q;+1/p-1/t29-,32+,37-,39+,40+,41+,42+,45-;/m0./s1. The van der Waals surface area contributed by atoms with E-state index in [9.17, 15) is 28.3 Å². The van der Waals surface area contributed by atoms with Gasteiger partial charge in [0.15, 0.2) is 5.96 Å². The summed E-state index contributed by atoms with van der Waals surface area (Å²) in [5.74, 6) is 5.49. The van der Waals surface area contributed by atoms with Gasteiger partial charge in [-0.1, -0.05) is 73.2 Å². The minimum atomic E-state index is -4.82. The molecule has 302 valence electrons. The zero-order chi connectivity index (χ0) is 40.0. The van der Waals surface area contributed by atoms with Gasteiger partial charge >= 0.3 is 29.6 Å². The van der Waals surface area contributed by atoms with Crippen LogP contribution in [0.3, 0.4) is 0 Å². The van der Waals surface area contributed by atoms with Crippen LogP contribution in [0.1, 0.15) is 110 Å². The van der Waals surface area contributed by atoms with Gasteiger partial charge in [-0.25, -0.2) is 13.4 Å². The molecule has 0 spiro atoms. The van der Waals surface area contributed by atoms with Gasteiger partial charge in [0.05, 0.1) is 27.1 Å². The van der Waals surface area contributed by atoms with Crippen molar-refractivity contribution in [2.45, 2.75) is 112 Å². The van der Waals surface area contributed by atoms with Crippen molar-refractivity contribution in [3.63, 3.8) is 0 Å². The molecular weight excluding hydrogens is 766 g/mol. The third kappa shape index (κ3) is 9.03. The maximum atomic E-state index is 13.5. The Hall–Kier alpha value is -3.38. The van der Waals surface area contributed by atoms with Crippen molar-refractivity contribution in [1.82, 2.24) is 0 Å². The Bertz CT molecular complexity index is 2190. The van der Waals surface area contributed by atoms with Crippen LogP contribution in [0.5, 0.6) is 11.5 Å².